The predicted octanol–water partition coefficient (Wildman–Crippen LogP) is 4.52. The number of ether oxygens (including phenoxy) is 7. The van der Waals surface area contributed by atoms with Crippen LogP contribution in [0.5, 0.6) is 34.5 Å². The molecule has 3 aromatic carbocycles. The molecule has 2 atom stereocenters. The third-order valence-corrected chi connectivity index (χ3v) is 8.06. The van der Waals surface area contributed by atoms with E-state index in [1.807, 2.05) is 38.1 Å². The molecule has 4 N–H and O–H groups in total. The topological polar surface area (TPSA) is 167 Å². The van der Waals surface area contributed by atoms with Gasteiger partial charge in [0.15, 0.2) is 40.7 Å². The van der Waals surface area contributed by atoms with Crippen LogP contribution >= 0.6 is 22.6 Å². The summed E-state index contributed by atoms with van der Waals surface area (Å²) in [6, 6.07) is 13.1. The highest BCUT2D eigenvalue weighted by molar-refractivity contribution is 14.1. The third kappa shape index (κ3) is 8.77. The molecule has 0 saturated carbocycles. The maximum absolute atomic E-state index is 12.5. The first-order chi connectivity index (χ1) is 23.7. The maximum Gasteiger partial charge on any atom is 0.337 e. The molecule has 14 nitrogen and oxygen atoms in total. The molecule has 5 rings (SSSR count). The van der Waals surface area contributed by atoms with Crippen LogP contribution in [0.1, 0.15) is 43.5 Å². The zero-order chi connectivity index (χ0) is 34.9. The van der Waals surface area contributed by atoms with Gasteiger partial charge in [0.1, 0.15) is 13.2 Å². The molecule has 49 heavy (non-hydrogen) atoms. The summed E-state index contributed by atoms with van der Waals surface area (Å²) in [5, 5.41) is 20.1. The van der Waals surface area contributed by atoms with Gasteiger partial charge < -0.3 is 48.9 Å². The first kappa shape index (κ1) is 35.4. The Morgan fingerprint density at radius 2 is 1.82 bits per heavy atom. The van der Waals surface area contributed by atoms with E-state index < -0.39 is 24.3 Å². The number of carbonyl (C=O) groups is 2. The van der Waals surface area contributed by atoms with Gasteiger partial charge in [-0.05, 0) is 96.5 Å². The molecular weight excluding hydrogens is 751 g/mol. The number of allylic oxidation sites excluding steroid dienone is 1. The van der Waals surface area contributed by atoms with Gasteiger partial charge in [0.25, 0.3) is 0 Å². The van der Waals surface area contributed by atoms with Crippen molar-refractivity contribution < 1.29 is 47.9 Å². The van der Waals surface area contributed by atoms with E-state index in [2.05, 4.69) is 43.8 Å². The van der Waals surface area contributed by atoms with Gasteiger partial charge in [-0.3, -0.25) is 5.43 Å². The number of rotatable bonds is 15. The van der Waals surface area contributed by atoms with Gasteiger partial charge in [-0.1, -0.05) is 12.1 Å². The first-order valence-corrected chi connectivity index (χ1v) is 16.5. The number of aliphatic hydroxyl groups excluding tert-OH is 1. The molecule has 2 aliphatic heterocycles. The van der Waals surface area contributed by atoms with Crippen LogP contribution in [-0.4, -0.2) is 63.3 Å². The van der Waals surface area contributed by atoms with Crippen LogP contribution in [0.2, 0.25) is 0 Å². The Kier molecular flexibility index (Phi) is 11.9. The summed E-state index contributed by atoms with van der Waals surface area (Å²) < 4.78 is 40.2. The van der Waals surface area contributed by atoms with Crippen molar-refractivity contribution in [3.8, 4) is 34.5 Å². The molecule has 0 aliphatic carbocycles. The minimum absolute atomic E-state index is 0.165. The second kappa shape index (κ2) is 16.5. The smallest absolute Gasteiger partial charge is 0.337 e. The number of urea groups is 1. The predicted molar refractivity (Wildman–Crippen MR) is 186 cm³/mol. The van der Waals surface area contributed by atoms with Crippen LogP contribution in [0.25, 0.3) is 0 Å². The lowest BCUT2D eigenvalue weighted by Crippen LogP contribution is -2.45. The number of methoxy groups -OCH3 is 1. The van der Waals surface area contributed by atoms with Crippen molar-refractivity contribution in [2.45, 2.75) is 39.6 Å². The summed E-state index contributed by atoms with van der Waals surface area (Å²) in [6.07, 6.45) is 0.387. The Labute approximate surface area is 296 Å². The molecule has 3 aromatic rings. The fourth-order valence-corrected chi connectivity index (χ4v) is 5.85. The molecule has 2 amide bonds. The summed E-state index contributed by atoms with van der Waals surface area (Å²) in [7, 11) is 1.27. The summed E-state index contributed by atoms with van der Waals surface area (Å²) in [6.45, 7) is 6.44. The largest absolute Gasteiger partial charge is 0.490 e. The number of esters is 1. The van der Waals surface area contributed by atoms with Crippen LogP contribution in [0.4, 0.5) is 4.79 Å². The van der Waals surface area contributed by atoms with E-state index in [9.17, 15) is 14.7 Å². The molecule has 0 bridgehead atoms. The van der Waals surface area contributed by atoms with Gasteiger partial charge in [0.05, 0.1) is 41.7 Å². The number of halogens is 1. The zero-order valence-corrected chi connectivity index (χ0v) is 29.5. The van der Waals surface area contributed by atoms with E-state index in [1.54, 1.807) is 37.4 Å². The van der Waals surface area contributed by atoms with Crippen molar-refractivity contribution in [3.05, 3.63) is 80.1 Å². The minimum Gasteiger partial charge on any atom is -0.490 e. The number of amides is 2. The molecule has 2 aliphatic rings. The van der Waals surface area contributed by atoms with Crippen LogP contribution in [0.15, 0.2) is 64.9 Å². The van der Waals surface area contributed by atoms with E-state index in [-0.39, 0.29) is 19.0 Å². The second-order valence-electron chi connectivity index (χ2n) is 10.7. The first-order valence-electron chi connectivity index (χ1n) is 15.4. The molecule has 2 heterocycles. The Balaban J connectivity index is 1.21. The maximum atomic E-state index is 12.5. The van der Waals surface area contributed by atoms with Gasteiger partial charge >= 0.3 is 12.0 Å². The highest BCUT2D eigenvalue weighted by atomic mass is 127. The van der Waals surface area contributed by atoms with Crippen molar-refractivity contribution in [1.82, 2.24) is 16.1 Å². The Bertz CT molecular complexity index is 1750. The van der Waals surface area contributed by atoms with Crippen molar-refractivity contribution >= 4 is 40.8 Å². The van der Waals surface area contributed by atoms with Gasteiger partial charge in [-0.2, -0.15) is 5.10 Å². The zero-order valence-electron chi connectivity index (χ0n) is 27.3. The number of hydrogen-bond acceptors (Lipinski definition) is 12. The molecule has 0 radical (unpaired) electrons. The fraction of sp³-hybridized carbons (Fsp3) is 0.324. The number of hydrazone groups is 1. The standard InChI is InChI=1S/C34H37IN4O10/c1-5-44-27-14-22(31-30(33(41)43-4)19(3)37-34(42)38-31)8-10-24(27)46-17-29(40)39-36-15-21-11-23(35)32(28(13-21)45-6-2)47-16-20-7-9-25-26(12-20)49-18-48-25/h7-15,29,31,39-40H,5-6,16-18H2,1-4H3,(H2,37,38,42)/b36-15-/t29-,31-/m0/s1. The van der Waals surface area contributed by atoms with Crippen molar-refractivity contribution in [2.75, 3.05) is 33.7 Å². The number of nitrogens with one attached hydrogen (secondary N) is 3. The summed E-state index contributed by atoms with van der Waals surface area (Å²) in [5.74, 6) is 2.69. The van der Waals surface area contributed by atoms with E-state index in [1.165, 1.54) is 7.11 Å². The highest BCUT2D eigenvalue weighted by Crippen LogP contribution is 2.37. The molecule has 15 heteroatoms. The average Bonchev–Trinajstić information content (AvgIpc) is 3.55. The second-order valence-corrected chi connectivity index (χ2v) is 11.8. The normalized spacial score (nSPS) is 15.7. The Morgan fingerprint density at radius 1 is 1.04 bits per heavy atom. The lowest BCUT2D eigenvalue weighted by Gasteiger charge is -2.28. The minimum atomic E-state index is -1.17. The van der Waals surface area contributed by atoms with E-state index in [4.69, 9.17) is 33.2 Å². The van der Waals surface area contributed by atoms with Crippen LogP contribution < -0.4 is 44.5 Å². The Morgan fingerprint density at radius 3 is 2.59 bits per heavy atom. The van der Waals surface area contributed by atoms with Crippen LogP contribution in [0.3, 0.4) is 0 Å². The number of nitrogens with zero attached hydrogens (tertiary/aromatic N) is 1. The monoisotopic (exact) mass is 788 g/mol. The Hall–Kier alpha value is -4.90. The lowest BCUT2D eigenvalue weighted by molar-refractivity contribution is -0.136. The van der Waals surface area contributed by atoms with E-state index in [0.717, 1.165) is 14.7 Å². The SMILES string of the molecule is CCOc1cc([C@@H]2NC(=O)NC(C)=C2C(=O)OC)ccc1OC[C@H](O)N/N=C\c1cc(I)c(OCc2ccc3c(c2)OCO3)c(OCC)c1. The van der Waals surface area contributed by atoms with Crippen LogP contribution in [-0.2, 0) is 16.1 Å². The van der Waals surface area contributed by atoms with E-state index >= 15 is 0 Å². The summed E-state index contributed by atoms with van der Waals surface area (Å²) >= 11 is 2.18. The van der Waals surface area contributed by atoms with Gasteiger partial charge in [0.2, 0.25) is 6.79 Å². The molecule has 0 saturated heterocycles. The van der Waals surface area contributed by atoms with E-state index in [0.29, 0.717) is 65.6 Å². The van der Waals surface area contributed by atoms with Crippen molar-refractivity contribution in [3.63, 3.8) is 0 Å². The van der Waals surface area contributed by atoms with Gasteiger partial charge in [-0.25, -0.2) is 9.59 Å². The lowest BCUT2D eigenvalue weighted by atomic mass is 9.95. The molecular formula is C34H37IN4O10. The van der Waals surface area contributed by atoms with Crippen molar-refractivity contribution in [2.24, 2.45) is 5.10 Å². The summed E-state index contributed by atoms with van der Waals surface area (Å²) in [5.41, 5.74) is 5.54. The van der Waals surface area contributed by atoms with Crippen LogP contribution in [0, 0.1) is 3.57 Å². The number of hydrogen-bond donors (Lipinski definition) is 4. The molecule has 0 fully saturated rings. The molecule has 260 valence electrons. The number of fused-ring (bicyclic) bond motifs is 1. The van der Waals surface area contributed by atoms with Gasteiger partial charge in [-0.15, -0.1) is 0 Å². The fourth-order valence-electron chi connectivity index (χ4n) is 5.07. The highest BCUT2D eigenvalue weighted by Gasteiger charge is 2.32. The average molecular weight is 789 g/mol. The van der Waals surface area contributed by atoms with Gasteiger partial charge in [0, 0.05) is 5.70 Å². The number of carbonyl (C=O) groups excluding carboxylic acids is 2. The third-order valence-electron chi connectivity index (χ3n) is 7.26. The quantitative estimate of drug-likeness (QED) is 0.0563. The molecule has 0 spiro atoms. The molecule has 0 unspecified atom stereocenters. The summed E-state index contributed by atoms with van der Waals surface area (Å²) in [4.78, 5) is 24.7. The van der Waals surface area contributed by atoms with Crippen molar-refractivity contribution in [1.29, 1.82) is 0 Å². The number of benzene rings is 3. The molecule has 0 aromatic heterocycles. The number of aliphatic hydroxyl groups is 1.